The molecule has 0 saturated heterocycles. The zero-order valence-electron chi connectivity index (χ0n) is 14.4. The highest BCUT2D eigenvalue weighted by molar-refractivity contribution is 6.39. The van der Waals surface area contributed by atoms with E-state index in [0.29, 0.717) is 5.02 Å². The number of ether oxygens (including phenoxy) is 1. The third kappa shape index (κ3) is 4.60. The first kappa shape index (κ1) is 19.4. The fourth-order valence-corrected chi connectivity index (χ4v) is 2.50. The number of para-hydroxylation sites is 1. The molecule has 134 valence electrons. The molecule has 0 aliphatic heterocycles. The maximum Gasteiger partial charge on any atom is 0.313 e. The Morgan fingerprint density at radius 3 is 2.58 bits per heavy atom. The molecule has 0 fully saturated rings. The Kier molecular flexibility index (Phi) is 6.34. The first-order valence-electron chi connectivity index (χ1n) is 7.79. The SMILES string of the molecule is COC(C)(CNC(=O)C(=O)Nc1ccccc1C#N)c1cccc(Cl)c1. The van der Waals surface area contributed by atoms with Crippen molar-refractivity contribution in [3.63, 3.8) is 0 Å². The van der Waals surface area contributed by atoms with Gasteiger partial charge in [0.15, 0.2) is 0 Å². The maximum absolute atomic E-state index is 12.1. The van der Waals surface area contributed by atoms with Gasteiger partial charge in [0.1, 0.15) is 11.7 Å². The van der Waals surface area contributed by atoms with Crippen LogP contribution < -0.4 is 10.6 Å². The Balaban J connectivity index is 2.04. The van der Waals surface area contributed by atoms with Crippen LogP contribution in [0.5, 0.6) is 0 Å². The van der Waals surface area contributed by atoms with Crippen LogP contribution in [-0.2, 0) is 19.9 Å². The van der Waals surface area contributed by atoms with Crippen molar-refractivity contribution in [1.29, 1.82) is 5.26 Å². The Morgan fingerprint density at radius 1 is 1.19 bits per heavy atom. The molecule has 0 bridgehead atoms. The third-order valence-electron chi connectivity index (χ3n) is 3.97. The van der Waals surface area contributed by atoms with Crippen LogP contribution in [0.15, 0.2) is 48.5 Å². The number of amides is 2. The Labute approximate surface area is 156 Å². The number of nitrogens with zero attached hydrogens (tertiary/aromatic N) is 1. The van der Waals surface area contributed by atoms with Gasteiger partial charge in [-0.2, -0.15) is 5.26 Å². The molecule has 7 heteroatoms. The van der Waals surface area contributed by atoms with Crippen LogP contribution >= 0.6 is 11.6 Å². The number of nitrogens with one attached hydrogen (secondary N) is 2. The van der Waals surface area contributed by atoms with Crippen molar-refractivity contribution in [2.75, 3.05) is 19.0 Å². The highest BCUT2D eigenvalue weighted by atomic mass is 35.5. The quantitative estimate of drug-likeness (QED) is 0.790. The van der Waals surface area contributed by atoms with Crippen LogP contribution in [0.1, 0.15) is 18.1 Å². The number of methoxy groups -OCH3 is 1. The lowest BCUT2D eigenvalue weighted by Crippen LogP contribution is -2.44. The molecule has 0 saturated carbocycles. The fraction of sp³-hybridized carbons (Fsp3) is 0.211. The van der Waals surface area contributed by atoms with Crippen LogP contribution in [0.3, 0.4) is 0 Å². The molecular weight excluding hydrogens is 354 g/mol. The van der Waals surface area contributed by atoms with E-state index in [9.17, 15) is 9.59 Å². The van der Waals surface area contributed by atoms with E-state index in [1.165, 1.54) is 7.11 Å². The average molecular weight is 372 g/mol. The van der Waals surface area contributed by atoms with Crippen molar-refractivity contribution in [3.8, 4) is 6.07 Å². The molecule has 0 spiro atoms. The summed E-state index contributed by atoms with van der Waals surface area (Å²) in [6.07, 6.45) is 0. The summed E-state index contributed by atoms with van der Waals surface area (Å²) in [6.45, 7) is 1.85. The molecule has 2 aromatic rings. The molecule has 0 heterocycles. The van der Waals surface area contributed by atoms with E-state index >= 15 is 0 Å². The maximum atomic E-state index is 12.1. The Morgan fingerprint density at radius 2 is 1.92 bits per heavy atom. The molecule has 6 nitrogen and oxygen atoms in total. The Hall–Kier alpha value is -2.88. The molecular formula is C19H18ClN3O3. The molecule has 2 aromatic carbocycles. The predicted octanol–water partition coefficient (Wildman–Crippen LogP) is 2.83. The second kappa shape index (κ2) is 8.48. The monoisotopic (exact) mass is 371 g/mol. The van der Waals surface area contributed by atoms with Gasteiger partial charge in [0.25, 0.3) is 0 Å². The van der Waals surface area contributed by atoms with Crippen LogP contribution in [0.2, 0.25) is 5.02 Å². The van der Waals surface area contributed by atoms with E-state index in [2.05, 4.69) is 10.6 Å². The number of hydrogen-bond donors (Lipinski definition) is 2. The molecule has 0 radical (unpaired) electrons. The second-order valence-corrected chi connectivity index (χ2v) is 6.18. The number of halogens is 1. The molecule has 2 N–H and O–H groups in total. The third-order valence-corrected chi connectivity index (χ3v) is 4.21. The summed E-state index contributed by atoms with van der Waals surface area (Å²) in [5.41, 5.74) is 0.461. The van der Waals surface area contributed by atoms with Gasteiger partial charge in [-0.3, -0.25) is 9.59 Å². The molecule has 0 aromatic heterocycles. The lowest BCUT2D eigenvalue weighted by atomic mass is 9.95. The van der Waals surface area contributed by atoms with E-state index in [-0.39, 0.29) is 17.8 Å². The minimum absolute atomic E-state index is 0.0655. The number of rotatable bonds is 5. The van der Waals surface area contributed by atoms with Gasteiger partial charge in [0.2, 0.25) is 0 Å². The molecule has 2 rings (SSSR count). The molecule has 0 aliphatic rings. The van der Waals surface area contributed by atoms with Crippen molar-refractivity contribution >= 4 is 29.1 Å². The van der Waals surface area contributed by atoms with Gasteiger partial charge in [-0.25, -0.2) is 0 Å². The summed E-state index contributed by atoms with van der Waals surface area (Å²) in [6, 6.07) is 15.5. The molecule has 1 unspecified atom stereocenters. The summed E-state index contributed by atoms with van der Waals surface area (Å²) in [7, 11) is 1.51. The summed E-state index contributed by atoms with van der Waals surface area (Å²) >= 11 is 6.01. The summed E-state index contributed by atoms with van der Waals surface area (Å²) < 4.78 is 5.52. The largest absolute Gasteiger partial charge is 0.372 e. The number of carbonyl (C=O) groups is 2. The van der Waals surface area contributed by atoms with Crippen molar-refractivity contribution in [2.45, 2.75) is 12.5 Å². The van der Waals surface area contributed by atoms with Gasteiger partial charge in [0.05, 0.1) is 17.8 Å². The van der Waals surface area contributed by atoms with E-state index in [1.54, 1.807) is 49.4 Å². The van der Waals surface area contributed by atoms with Crippen molar-refractivity contribution < 1.29 is 14.3 Å². The zero-order valence-corrected chi connectivity index (χ0v) is 15.1. The summed E-state index contributed by atoms with van der Waals surface area (Å²) in [4.78, 5) is 24.2. The summed E-state index contributed by atoms with van der Waals surface area (Å²) in [5, 5.41) is 14.6. The minimum atomic E-state index is -0.864. The topological polar surface area (TPSA) is 91.2 Å². The number of carbonyl (C=O) groups excluding carboxylic acids is 2. The van der Waals surface area contributed by atoms with Crippen molar-refractivity contribution in [2.24, 2.45) is 0 Å². The molecule has 1 atom stereocenters. The van der Waals surface area contributed by atoms with Gasteiger partial charge in [-0.05, 0) is 36.8 Å². The molecule has 26 heavy (non-hydrogen) atoms. The van der Waals surface area contributed by atoms with Crippen molar-refractivity contribution in [1.82, 2.24) is 5.32 Å². The average Bonchev–Trinajstić information content (AvgIpc) is 2.66. The summed E-state index contributed by atoms with van der Waals surface area (Å²) in [5.74, 6) is -1.69. The van der Waals surface area contributed by atoms with E-state index in [0.717, 1.165) is 5.56 Å². The molecule has 0 aliphatic carbocycles. The highest BCUT2D eigenvalue weighted by Crippen LogP contribution is 2.26. The molecule has 2 amide bonds. The highest BCUT2D eigenvalue weighted by Gasteiger charge is 2.28. The number of benzene rings is 2. The van der Waals surface area contributed by atoms with Gasteiger partial charge >= 0.3 is 11.8 Å². The fourth-order valence-electron chi connectivity index (χ4n) is 2.31. The zero-order chi connectivity index (χ0) is 19.2. The van der Waals surface area contributed by atoms with Gasteiger partial charge in [-0.15, -0.1) is 0 Å². The predicted molar refractivity (Wildman–Crippen MR) is 98.6 cm³/mol. The van der Waals surface area contributed by atoms with Crippen LogP contribution in [0.25, 0.3) is 0 Å². The van der Waals surface area contributed by atoms with Crippen LogP contribution in [0, 0.1) is 11.3 Å². The minimum Gasteiger partial charge on any atom is -0.372 e. The lowest BCUT2D eigenvalue weighted by Gasteiger charge is -2.29. The van der Waals surface area contributed by atoms with E-state index in [4.69, 9.17) is 21.6 Å². The second-order valence-electron chi connectivity index (χ2n) is 5.74. The van der Waals surface area contributed by atoms with E-state index < -0.39 is 17.4 Å². The lowest BCUT2D eigenvalue weighted by molar-refractivity contribution is -0.137. The van der Waals surface area contributed by atoms with Crippen molar-refractivity contribution in [3.05, 3.63) is 64.7 Å². The number of nitriles is 1. The smallest absolute Gasteiger partial charge is 0.313 e. The van der Waals surface area contributed by atoms with Gasteiger partial charge in [0, 0.05) is 12.1 Å². The first-order valence-corrected chi connectivity index (χ1v) is 8.17. The van der Waals surface area contributed by atoms with Gasteiger partial charge < -0.3 is 15.4 Å². The van der Waals surface area contributed by atoms with Gasteiger partial charge in [-0.1, -0.05) is 35.9 Å². The first-order chi connectivity index (χ1) is 12.4. The number of anilines is 1. The van der Waals surface area contributed by atoms with E-state index in [1.807, 2.05) is 12.1 Å². The normalized spacial score (nSPS) is 12.5. The van der Waals surface area contributed by atoms with Crippen LogP contribution in [0.4, 0.5) is 5.69 Å². The number of hydrogen-bond acceptors (Lipinski definition) is 4. The Bertz CT molecular complexity index is 863. The standard InChI is InChI=1S/C19H18ClN3O3/c1-19(26-2,14-7-5-8-15(20)10-14)12-22-17(24)18(25)23-16-9-4-3-6-13(16)11-21/h3-10H,12H2,1-2H3,(H,22,24)(H,23,25). The van der Waals surface area contributed by atoms with Crippen LogP contribution in [-0.4, -0.2) is 25.5 Å².